The zero-order valence-electron chi connectivity index (χ0n) is 10.4. The molecule has 1 amide bonds. The lowest BCUT2D eigenvalue weighted by Crippen LogP contribution is -2.42. The van der Waals surface area contributed by atoms with Crippen LogP contribution in [0.2, 0.25) is 0 Å². The summed E-state index contributed by atoms with van der Waals surface area (Å²) in [5.74, 6) is -1.07. The molecule has 1 saturated heterocycles. The first-order chi connectivity index (χ1) is 8.00. The van der Waals surface area contributed by atoms with Crippen LogP contribution in [0.25, 0.3) is 0 Å². The van der Waals surface area contributed by atoms with E-state index in [0.717, 1.165) is 12.8 Å². The molecule has 0 unspecified atom stereocenters. The third-order valence-electron chi connectivity index (χ3n) is 2.55. The highest BCUT2D eigenvalue weighted by atomic mass is 16.8. The summed E-state index contributed by atoms with van der Waals surface area (Å²) in [7, 11) is 0. The fourth-order valence-corrected chi connectivity index (χ4v) is 1.77. The van der Waals surface area contributed by atoms with Crippen molar-refractivity contribution in [3.63, 3.8) is 0 Å². The molecule has 0 aliphatic carbocycles. The van der Waals surface area contributed by atoms with Gasteiger partial charge in [-0.1, -0.05) is 0 Å². The Bertz CT molecular complexity index is 258. The summed E-state index contributed by atoms with van der Waals surface area (Å²) in [6, 6.07) is 0. The van der Waals surface area contributed by atoms with Crippen molar-refractivity contribution in [2.24, 2.45) is 5.73 Å². The van der Waals surface area contributed by atoms with E-state index in [-0.39, 0.29) is 12.5 Å². The molecule has 2 atom stereocenters. The Morgan fingerprint density at radius 2 is 2.12 bits per heavy atom. The van der Waals surface area contributed by atoms with Crippen LogP contribution in [0.1, 0.15) is 26.7 Å². The number of carbonyl (C=O) groups is 1. The van der Waals surface area contributed by atoms with Gasteiger partial charge >= 0.3 is 0 Å². The molecule has 0 aromatic carbocycles. The Kier molecular flexibility index (Phi) is 5.32. The first-order valence-electron chi connectivity index (χ1n) is 5.94. The molecule has 4 N–H and O–H groups in total. The Hall–Kier alpha value is -0.690. The van der Waals surface area contributed by atoms with Crippen molar-refractivity contribution in [3.8, 4) is 0 Å². The standard InChI is InChI=1S/C11H22N2O4/c1-11(2)16-8(7-14)9(17-11)10(15)13-6-4-3-5-12/h8-9,14H,3-7,12H2,1-2H3,(H,13,15)/t8-,9-/m1/s1. The largest absolute Gasteiger partial charge is 0.394 e. The quantitative estimate of drug-likeness (QED) is 0.542. The zero-order chi connectivity index (χ0) is 12.9. The number of nitrogens with one attached hydrogen (secondary N) is 1. The van der Waals surface area contributed by atoms with Crippen molar-refractivity contribution < 1.29 is 19.4 Å². The van der Waals surface area contributed by atoms with Crippen molar-refractivity contribution in [1.29, 1.82) is 0 Å². The van der Waals surface area contributed by atoms with Gasteiger partial charge in [0.2, 0.25) is 0 Å². The Balaban J connectivity index is 2.40. The van der Waals surface area contributed by atoms with E-state index >= 15 is 0 Å². The minimum Gasteiger partial charge on any atom is -0.394 e. The van der Waals surface area contributed by atoms with Gasteiger partial charge in [0.15, 0.2) is 11.9 Å². The van der Waals surface area contributed by atoms with Gasteiger partial charge in [0.25, 0.3) is 5.91 Å². The molecule has 0 spiro atoms. The lowest BCUT2D eigenvalue weighted by atomic mass is 10.2. The van der Waals surface area contributed by atoms with Crippen LogP contribution in [0.4, 0.5) is 0 Å². The highest BCUT2D eigenvalue weighted by Crippen LogP contribution is 2.27. The fraction of sp³-hybridized carbons (Fsp3) is 0.909. The molecule has 1 fully saturated rings. The second kappa shape index (κ2) is 6.30. The minimum atomic E-state index is -0.827. The third-order valence-corrected chi connectivity index (χ3v) is 2.55. The van der Waals surface area contributed by atoms with Crippen LogP contribution in [0, 0.1) is 0 Å². The molecule has 100 valence electrons. The molecule has 6 heteroatoms. The molecule has 0 aromatic rings. The van der Waals surface area contributed by atoms with Crippen molar-refractivity contribution in [2.45, 2.75) is 44.7 Å². The normalized spacial score (nSPS) is 27.1. The van der Waals surface area contributed by atoms with E-state index in [9.17, 15) is 4.79 Å². The molecule has 1 rings (SSSR count). The molecular formula is C11H22N2O4. The molecule has 1 aliphatic rings. The average molecular weight is 246 g/mol. The lowest BCUT2D eigenvalue weighted by Gasteiger charge is -2.16. The van der Waals surface area contributed by atoms with Gasteiger partial charge in [-0.2, -0.15) is 0 Å². The molecule has 1 heterocycles. The predicted molar refractivity (Wildman–Crippen MR) is 62.2 cm³/mol. The molecule has 6 nitrogen and oxygen atoms in total. The number of aliphatic hydroxyl groups excluding tert-OH is 1. The number of hydrogen-bond acceptors (Lipinski definition) is 5. The third kappa shape index (κ3) is 4.23. The van der Waals surface area contributed by atoms with E-state index in [1.54, 1.807) is 13.8 Å². The fourth-order valence-electron chi connectivity index (χ4n) is 1.77. The molecule has 0 radical (unpaired) electrons. The van der Waals surface area contributed by atoms with E-state index in [1.165, 1.54) is 0 Å². The highest BCUT2D eigenvalue weighted by molar-refractivity contribution is 5.81. The van der Waals surface area contributed by atoms with Crippen molar-refractivity contribution in [3.05, 3.63) is 0 Å². The molecule has 0 aromatic heterocycles. The number of ether oxygens (including phenoxy) is 2. The van der Waals surface area contributed by atoms with Crippen LogP contribution in [0.15, 0.2) is 0 Å². The summed E-state index contributed by atoms with van der Waals surface area (Å²) in [5.41, 5.74) is 5.36. The van der Waals surface area contributed by atoms with E-state index in [4.69, 9.17) is 20.3 Å². The maximum absolute atomic E-state index is 11.8. The number of nitrogens with two attached hydrogens (primary N) is 1. The highest BCUT2D eigenvalue weighted by Gasteiger charge is 2.44. The van der Waals surface area contributed by atoms with Gasteiger partial charge in [-0.3, -0.25) is 4.79 Å². The summed E-state index contributed by atoms with van der Waals surface area (Å²) in [6.45, 7) is 4.39. The van der Waals surface area contributed by atoms with E-state index < -0.39 is 18.0 Å². The Labute approximate surface area is 101 Å². The number of aliphatic hydroxyl groups is 1. The summed E-state index contributed by atoms with van der Waals surface area (Å²) in [6.07, 6.45) is 0.368. The van der Waals surface area contributed by atoms with Gasteiger partial charge in [-0.05, 0) is 33.2 Å². The van der Waals surface area contributed by atoms with Crippen molar-refractivity contribution in [2.75, 3.05) is 19.7 Å². The molecule has 1 aliphatic heterocycles. The summed E-state index contributed by atoms with van der Waals surface area (Å²) < 4.78 is 10.9. The maximum atomic E-state index is 11.8. The number of rotatable bonds is 6. The summed E-state index contributed by atoms with van der Waals surface area (Å²) in [4.78, 5) is 11.8. The molecule has 0 saturated carbocycles. The summed E-state index contributed by atoms with van der Waals surface area (Å²) >= 11 is 0. The van der Waals surface area contributed by atoms with E-state index in [0.29, 0.717) is 13.1 Å². The van der Waals surface area contributed by atoms with Crippen molar-refractivity contribution >= 4 is 5.91 Å². The molecular weight excluding hydrogens is 224 g/mol. The average Bonchev–Trinajstić information content (AvgIpc) is 2.60. The first-order valence-corrected chi connectivity index (χ1v) is 5.94. The van der Waals surface area contributed by atoms with Crippen molar-refractivity contribution in [1.82, 2.24) is 5.32 Å². The van der Waals surface area contributed by atoms with Gasteiger partial charge in [0, 0.05) is 6.54 Å². The Morgan fingerprint density at radius 1 is 1.41 bits per heavy atom. The van der Waals surface area contributed by atoms with Crippen LogP contribution in [-0.4, -0.2) is 48.7 Å². The van der Waals surface area contributed by atoms with Crippen LogP contribution >= 0.6 is 0 Å². The minimum absolute atomic E-state index is 0.232. The zero-order valence-corrected chi connectivity index (χ0v) is 10.4. The maximum Gasteiger partial charge on any atom is 0.252 e. The van der Waals surface area contributed by atoms with Gasteiger partial charge in [-0.25, -0.2) is 0 Å². The van der Waals surface area contributed by atoms with Crippen LogP contribution < -0.4 is 11.1 Å². The van der Waals surface area contributed by atoms with Crippen LogP contribution in [0.3, 0.4) is 0 Å². The van der Waals surface area contributed by atoms with E-state index in [2.05, 4.69) is 5.32 Å². The lowest BCUT2D eigenvalue weighted by molar-refractivity contribution is -0.157. The van der Waals surface area contributed by atoms with Gasteiger partial charge in [-0.15, -0.1) is 0 Å². The van der Waals surface area contributed by atoms with E-state index in [1.807, 2.05) is 0 Å². The molecule has 0 bridgehead atoms. The Morgan fingerprint density at radius 3 is 2.71 bits per heavy atom. The smallest absolute Gasteiger partial charge is 0.252 e. The van der Waals surface area contributed by atoms with Gasteiger partial charge < -0.3 is 25.6 Å². The second-order valence-corrected chi connectivity index (χ2v) is 4.56. The predicted octanol–water partition coefficient (Wildman–Crippen LogP) is -0.646. The van der Waals surface area contributed by atoms with Crippen LogP contribution in [0.5, 0.6) is 0 Å². The SMILES string of the molecule is CC1(C)O[C@H](CO)[C@H](C(=O)NCCCCN)O1. The first kappa shape index (κ1) is 14.4. The number of carbonyl (C=O) groups excluding carboxylic acids is 1. The van der Waals surface area contributed by atoms with Gasteiger partial charge in [0.05, 0.1) is 6.61 Å². The topological polar surface area (TPSA) is 93.8 Å². The monoisotopic (exact) mass is 246 g/mol. The number of hydrogen-bond donors (Lipinski definition) is 3. The number of amides is 1. The second-order valence-electron chi connectivity index (χ2n) is 4.56. The van der Waals surface area contributed by atoms with Crippen LogP contribution in [-0.2, 0) is 14.3 Å². The van der Waals surface area contributed by atoms with Gasteiger partial charge in [0.1, 0.15) is 6.10 Å². The number of unbranched alkanes of at least 4 members (excludes halogenated alkanes) is 1. The summed E-state index contributed by atoms with van der Waals surface area (Å²) in [5, 5.41) is 11.9. The molecule has 17 heavy (non-hydrogen) atoms.